The highest BCUT2D eigenvalue weighted by Gasteiger charge is 2.33. The maximum atomic E-state index is 13.6. The van der Waals surface area contributed by atoms with Gasteiger partial charge in [-0.05, 0) is 19.1 Å². The molecule has 0 aliphatic rings. The molecule has 0 N–H and O–H groups in total. The van der Waals surface area contributed by atoms with Gasteiger partial charge >= 0.3 is 12.3 Å². The van der Waals surface area contributed by atoms with Gasteiger partial charge < -0.3 is 9.47 Å². The first kappa shape index (κ1) is 14.9. The first-order chi connectivity index (χ1) is 8.76. The second kappa shape index (κ2) is 5.68. The van der Waals surface area contributed by atoms with Gasteiger partial charge in [0.05, 0.1) is 12.2 Å². The number of rotatable bonds is 4. The third-order valence-electron chi connectivity index (χ3n) is 1.89. The van der Waals surface area contributed by atoms with Crippen molar-refractivity contribution in [2.45, 2.75) is 13.3 Å². The quantitative estimate of drug-likeness (QED) is 0.368. The predicted molar refractivity (Wildman–Crippen MR) is 54.0 cm³/mol. The molecule has 0 saturated carbocycles. The molecule has 104 valence electrons. The number of carbonyl (C=O) groups is 2. The molecule has 0 atom stereocenters. The average molecular weight is 280 g/mol. The van der Waals surface area contributed by atoms with Crippen LogP contribution >= 0.6 is 0 Å². The number of esters is 1. The number of alkyl halides is 3. The SMILES string of the molecule is CCOC(=O)C(=O)c1cccc(OC(F)(F)F)c1F. The van der Waals surface area contributed by atoms with Crippen LogP contribution in [0.15, 0.2) is 18.2 Å². The van der Waals surface area contributed by atoms with E-state index < -0.39 is 35.2 Å². The molecule has 0 fully saturated rings. The van der Waals surface area contributed by atoms with E-state index in [0.29, 0.717) is 6.07 Å². The molecule has 1 rings (SSSR count). The molecule has 0 bridgehead atoms. The van der Waals surface area contributed by atoms with Crippen LogP contribution in [0.4, 0.5) is 17.6 Å². The van der Waals surface area contributed by atoms with Gasteiger partial charge in [0, 0.05) is 0 Å². The molecule has 0 aliphatic heterocycles. The summed E-state index contributed by atoms with van der Waals surface area (Å²) in [6.45, 7) is 1.30. The van der Waals surface area contributed by atoms with Gasteiger partial charge in [-0.1, -0.05) is 6.07 Å². The van der Waals surface area contributed by atoms with Crippen LogP contribution in [0.5, 0.6) is 5.75 Å². The zero-order chi connectivity index (χ0) is 14.6. The largest absolute Gasteiger partial charge is 0.573 e. The molecule has 0 aromatic heterocycles. The van der Waals surface area contributed by atoms with Gasteiger partial charge in [0.1, 0.15) is 0 Å². The number of hydrogen-bond acceptors (Lipinski definition) is 4. The summed E-state index contributed by atoms with van der Waals surface area (Å²) in [5, 5.41) is 0. The van der Waals surface area contributed by atoms with Crippen LogP contribution in [0.2, 0.25) is 0 Å². The van der Waals surface area contributed by atoms with Crippen LogP contribution in [-0.2, 0) is 9.53 Å². The van der Waals surface area contributed by atoms with E-state index in [1.165, 1.54) is 6.92 Å². The van der Waals surface area contributed by atoms with Crippen molar-refractivity contribution in [3.8, 4) is 5.75 Å². The van der Waals surface area contributed by atoms with Crippen molar-refractivity contribution in [2.75, 3.05) is 6.61 Å². The minimum Gasteiger partial charge on any atom is -0.460 e. The van der Waals surface area contributed by atoms with Crippen LogP contribution in [-0.4, -0.2) is 24.7 Å². The smallest absolute Gasteiger partial charge is 0.460 e. The molecule has 0 unspecified atom stereocenters. The lowest BCUT2D eigenvalue weighted by Crippen LogP contribution is -2.21. The third-order valence-corrected chi connectivity index (χ3v) is 1.89. The van der Waals surface area contributed by atoms with E-state index in [1.54, 1.807) is 0 Å². The number of benzene rings is 1. The number of carbonyl (C=O) groups excluding carboxylic acids is 2. The molecule has 4 nitrogen and oxygen atoms in total. The number of halogens is 4. The second-order valence-corrected chi connectivity index (χ2v) is 3.22. The highest BCUT2D eigenvalue weighted by Crippen LogP contribution is 2.27. The van der Waals surface area contributed by atoms with Gasteiger partial charge in [-0.2, -0.15) is 0 Å². The highest BCUT2D eigenvalue weighted by molar-refractivity contribution is 6.40. The Hall–Kier alpha value is -2.12. The van der Waals surface area contributed by atoms with E-state index in [0.717, 1.165) is 12.1 Å². The topological polar surface area (TPSA) is 52.6 Å². The molecule has 0 radical (unpaired) electrons. The molecule has 0 spiro atoms. The minimum atomic E-state index is -5.10. The summed E-state index contributed by atoms with van der Waals surface area (Å²) in [5.74, 6) is -5.50. The van der Waals surface area contributed by atoms with Crippen LogP contribution < -0.4 is 4.74 Å². The van der Waals surface area contributed by atoms with Crippen LogP contribution in [0.3, 0.4) is 0 Å². The van der Waals surface area contributed by atoms with Crippen LogP contribution in [0, 0.1) is 5.82 Å². The van der Waals surface area contributed by atoms with E-state index in [-0.39, 0.29) is 6.61 Å². The summed E-state index contributed by atoms with van der Waals surface area (Å²) in [4.78, 5) is 22.5. The minimum absolute atomic E-state index is 0.120. The Labute approximate surface area is 104 Å². The maximum Gasteiger partial charge on any atom is 0.573 e. The first-order valence-electron chi connectivity index (χ1n) is 5.02. The molecule has 0 heterocycles. The van der Waals surface area contributed by atoms with Gasteiger partial charge in [-0.15, -0.1) is 13.2 Å². The van der Waals surface area contributed by atoms with Gasteiger partial charge in [-0.25, -0.2) is 9.18 Å². The van der Waals surface area contributed by atoms with Crippen molar-refractivity contribution in [1.82, 2.24) is 0 Å². The van der Waals surface area contributed by atoms with Crippen molar-refractivity contribution < 1.29 is 36.6 Å². The standard InChI is InChI=1S/C11H8F4O4/c1-2-18-10(17)9(16)6-4-3-5-7(8(6)12)19-11(13,14)15/h3-5H,2H2,1H3. The highest BCUT2D eigenvalue weighted by atomic mass is 19.4. The second-order valence-electron chi connectivity index (χ2n) is 3.22. The van der Waals surface area contributed by atoms with Crippen molar-refractivity contribution in [3.05, 3.63) is 29.6 Å². The lowest BCUT2D eigenvalue weighted by atomic mass is 10.1. The molecule has 8 heteroatoms. The Balaban J connectivity index is 3.07. The van der Waals surface area contributed by atoms with E-state index >= 15 is 0 Å². The van der Waals surface area contributed by atoms with Crippen molar-refractivity contribution in [3.63, 3.8) is 0 Å². The lowest BCUT2D eigenvalue weighted by Gasteiger charge is -2.11. The maximum absolute atomic E-state index is 13.6. The summed E-state index contributed by atoms with van der Waals surface area (Å²) in [7, 11) is 0. The molecular formula is C11H8F4O4. The van der Waals surface area contributed by atoms with Crippen molar-refractivity contribution in [2.24, 2.45) is 0 Å². The fourth-order valence-corrected chi connectivity index (χ4v) is 1.20. The molecule has 19 heavy (non-hydrogen) atoms. The van der Waals surface area contributed by atoms with Gasteiger partial charge in [0.15, 0.2) is 11.6 Å². The Morgan fingerprint density at radius 2 is 1.89 bits per heavy atom. The Kier molecular flexibility index (Phi) is 4.47. The molecule has 1 aromatic carbocycles. The molecular weight excluding hydrogens is 272 g/mol. The third kappa shape index (κ3) is 3.94. The van der Waals surface area contributed by atoms with Gasteiger partial charge in [-0.3, -0.25) is 4.79 Å². The Bertz CT molecular complexity index is 496. The normalized spacial score (nSPS) is 11.0. The summed E-state index contributed by atoms with van der Waals surface area (Å²) in [6, 6.07) is 2.50. The summed E-state index contributed by atoms with van der Waals surface area (Å²) < 4.78 is 57.2. The van der Waals surface area contributed by atoms with Crippen molar-refractivity contribution in [1.29, 1.82) is 0 Å². The van der Waals surface area contributed by atoms with E-state index in [2.05, 4.69) is 9.47 Å². The average Bonchev–Trinajstić information content (AvgIpc) is 2.29. The number of ether oxygens (including phenoxy) is 2. The molecule has 0 amide bonds. The summed E-state index contributed by atoms with van der Waals surface area (Å²) in [5.41, 5.74) is -0.847. The number of Topliss-reactive ketones (excluding diaryl/α,β-unsaturated/α-hetero) is 1. The molecule has 0 saturated heterocycles. The summed E-state index contributed by atoms with van der Waals surface area (Å²) in [6.07, 6.45) is -5.10. The Morgan fingerprint density at radius 3 is 2.42 bits per heavy atom. The predicted octanol–water partition coefficient (Wildman–Crippen LogP) is 2.47. The molecule has 1 aromatic rings. The van der Waals surface area contributed by atoms with E-state index in [1.807, 2.05) is 0 Å². The van der Waals surface area contributed by atoms with E-state index in [4.69, 9.17) is 0 Å². The van der Waals surface area contributed by atoms with Crippen LogP contribution in [0.1, 0.15) is 17.3 Å². The fourth-order valence-electron chi connectivity index (χ4n) is 1.20. The fraction of sp³-hybridized carbons (Fsp3) is 0.273. The van der Waals surface area contributed by atoms with E-state index in [9.17, 15) is 27.2 Å². The number of hydrogen-bond donors (Lipinski definition) is 0. The number of ketones is 1. The zero-order valence-electron chi connectivity index (χ0n) is 9.58. The monoisotopic (exact) mass is 280 g/mol. The Morgan fingerprint density at radius 1 is 1.26 bits per heavy atom. The lowest BCUT2D eigenvalue weighted by molar-refractivity contribution is -0.275. The first-order valence-corrected chi connectivity index (χ1v) is 5.02. The van der Waals surface area contributed by atoms with Crippen LogP contribution in [0.25, 0.3) is 0 Å². The van der Waals surface area contributed by atoms with Crippen molar-refractivity contribution >= 4 is 11.8 Å². The van der Waals surface area contributed by atoms with Gasteiger partial charge in [0.25, 0.3) is 5.78 Å². The zero-order valence-corrected chi connectivity index (χ0v) is 9.58. The van der Waals surface area contributed by atoms with Gasteiger partial charge in [0.2, 0.25) is 0 Å². The molecule has 0 aliphatic carbocycles. The summed E-state index contributed by atoms with van der Waals surface area (Å²) >= 11 is 0.